The molecule has 1 aliphatic heterocycles. The van der Waals surface area contributed by atoms with E-state index in [0.29, 0.717) is 11.6 Å². The number of hydrogen-bond donors (Lipinski definition) is 0. The van der Waals surface area contributed by atoms with Crippen LogP contribution in [-0.4, -0.2) is 30.8 Å². The molecule has 1 aromatic heterocycles. The minimum atomic E-state index is -0.243. The largest absolute Gasteiger partial charge is 0.378 e. The Morgan fingerprint density at radius 3 is 2.65 bits per heavy atom. The second-order valence-corrected chi connectivity index (χ2v) is 6.78. The molecule has 4 heteroatoms. The maximum atomic E-state index is 13.4. The van der Waals surface area contributed by atoms with Crippen LogP contribution in [-0.2, 0) is 11.2 Å². The molecule has 0 aliphatic carbocycles. The van der Waals surface area contributed by atoms with Crippen molar-refractivity contribution in [1.82, 2.24) is 4.98 Å². The summed E-state index contributed by atoms with van der Waals surface area (Å²) >= 11 is 0. The Morgan fingerprint density at radius 1 is 1.04 bits per heavy atom. The molecule has 0 unspecified atom stereocenters. The summed E-state index contributed by atoms with van der Waals surface area (Å²) in [7, 11) is 0. The number of anilines is 1. The van der Waals surface area contributed by atoms with Crippen molar-refractivity contribution >= 4 is 16.6 Å². The van der Waals surface area contributed by atoms with Crippen LogP contribution in [0.1, 0.15) is 18.4 Å². The van der Waals surface area contributed by atoms with Gasteiger partial charge in [0, 0.05) is 36.4 Å². The summed E-state index contributed by atoms with van der Waals surface area (Å²) in [6.07, 6.45) is 5.07. The second kappa shape index (κ2) is 7.83. The lowest BCUT2D eigenvalue weighted by Crippen LogP contribution is -2.37. The Hall–Kier alpha value is -2.46. The van der Waals surface area contributed by atoms with Crippen molar-refractivity contribution in [3.63, 3.8) is 0 Å². The molecule has 26 heavy (non-hydrogen) atoms. The summed E-state index contributed by atoms with van der Waals surface area (Å²) < 4.78 is 19.5. The Morgan fingerprint density at radius 2 is 1.85 bits per heavy atom. The number of hydrogen-bond acceptors (Lipinski definition) is 3. The Kier molecular flexibility index (Phi) is 5.12. The minimum absolute atomic E-state index is 0.243. The zero-order chi connectivity index (χ0) is 17.8. The van der Waals surface area contributed by atoms with Gasteiger partial charge in [-0.3, -0.25) is 4.98 Å². The summed E-state index contributed by atoms with van der Waals surface area (Å²) in [6.45, 7) is 2.67. The highest BCUT2D eigenvalue weighted by molar-refractivity contribution is 5.91. The SMILES string of the molecule is Fc1ccc2c(N3CCC(OCCc4ccccc4)CC3)ccnc2c1. The molecule has 0 radical (unpaired) electrons. The molecule has 0 amide bonds. The molecule has 0 saturated carbocycles. The average molecular weight is 350 g/mol. The predicted molar refractivity (Wildman–Crippen MR) is 103 cm³/mol. The third-order valence-corrected chi connectivity index (χ3v) is 5.05. The summed E-state index contributed by atoms with van der Waals surface area (Å²) in [6, 6.07) is 17.3. The third-order valence-electron chi connectivity index (χ3n) is 5.05. The monoisotopic (exact) mass is 350 g/mol. The first-order valence-electron chi connectivity index (χ1n) is 9.24. The Balaban J connectivity index is 1.34. The van der Waals surface area contributed by atoms with Crippen LogP contribution in [0.5, 0.6) is 0 Å². The third kappa shape index (κ3) is 3.86. The maximum absolute atomic E-state index is 13.4. The quantitative estimate of drug-likeness (QED) is 0.672. The van der Waals surface area contributed by atoms with Crippen LogP contribution in [0.25, 0.3) is 10.9 Å². The molecule has 2 aromatic carbocycles. The van der Waals surface area contributed by atoms with Gasteiger partial charge < -0.3 is 9.64 Å². The second-order valence-electron chi connectivity index (χ2n) is 6.78. The van der Waals surface area contributed by atoms with Crippen LogP contribution < -0.4 is 4.90 Å². The molecule has 134 valence electrons. The van der Waals surface area contributed by atoms with Gasteiger partial charge in [-0.1, -0.05) is 30.3 Å². The molecular formula is C22H23FN2O. The number of aromatic nitrogens is 1. The van der Waals surface area contributed by atoms with Crippen molar-refractivity contribution in [2.75, 3.05) is 24.6 Å². The molecular weight excluding hydrogens is 327 g/mol. The fourth-order valence-electron chi connectivity index (χ4n) is 3.63. The van der Waals surface area contributed by atoms with Crippen LogP contribution in [0.2, 0.25) is 0 Å². The lowest BCUT2D eigenvalue weighted by Gasteiger charge is -2.34. The summed E-state index contributed by atoms with van der Waals surface area (Å²) in [5.41, 5.74) is 3.17. The number of nitrogens with zero attached hydrogens (tertiary/aromatic N) is 2. The number of ether oxygens (including phenoxy) is 1. The number of fused-ring (bicyclic) bond motifs is 1. The topological polar surface area (TPSA) is 25.4 Å². The molecule has 1 fully saturated rings. The van der Waals surface area contributed by atoms with Gasteiger partial charge in [0.05, 0.1) is 18.2 Å². The molecule has 0 atom stereocenters. The van der Waals surface area contributed by atoms with Gasteiger partial charge >= 0.3 is 0 Å². The van der Waals surface area contributed by atoms with Crippen LogP contribution in [0.4, 0.5) is 10.1 Å². The summed E-state index contributed by atoms with van der Waals surface area (Å²) in [5, 5.41) is 1.01. The van der Waals surface area contributed by atoms with Crippen molar-refractivity contribution < 1.29 is 9.13 Å². The van der Waals surface area contributed by atoms with Gasteiger partial charge in [-0.2, -0.15) is 0 Å². The van der Waals surface area contributed by atoms with E-state index in [2.05, 4.69) is 34.1 Å². The fraction of sp³-hybridized carbons (Fsp3) is 0.318. The molecule has 0 spiro atoms. The van der Waals surface area contributed by atoms with Crippen LogP contribution in [0.15, 0.2) is 60.8 Å². The molecule has 3 nitrogen and oxygen atoms in total. The lowest BCUT2D eigenvalue weighted by atomic mass is 10.1. The van der Waals surface area contributed by atoms with E-state index in [-0.39, 0.29) is 5.82 Å². The van der Waals surface area contributed by atoms with E-state index in [0.717, 1.165) is 50.0 Å². The number of piperidine rings is 1. The fourth-order valence-corrected chi connectivity index (χ4v) is 3.63. The highest BCUT2D eigenvalue weighted by atomic mass is 19.1. The van der Waals surface area contributed by atoms with Gasteiger partial charge in [-0.25, -0.2) is 4.39 Å². The zero-order valence-electron chi connectivity index (χ0n) is 14.8. The standard InChI is InChI=1S/C22H23FN2O/c23-18-6-7-20-21(16-18)24-12-8-22(20)25-13-9-19(10-14-25)26-15-11-17-4-2-1-3-5-17/h1-8,12,16,19H,9-11,13-15H2. The lowest BCUT2D eigenvalue weighted by molar-refractivity contribution is 0.0391. The normalized spacial score (nSPS) is 15.5. The molecule has 3 aromatic rings. The number of rotatable bonds is 5. The predicted octanol–water partition coefficient (Wildman–Crippen LogP) is 4.60. The maximum Gasteiger partial charge on any atom is 0.125 e. The van der Waals surface area contributed by atoms with E-state index in [9.17, 15) is 4.39 Å². The summed E-state index contributed by atoms with van der Waals surface area (Å²) in [4.78, 5) is 6.65. The van der Waals surface area contributed by atoms with E-state index in [4.69, 9.17) is 4.74 Å². The smallest absolute Gasteiger partial charge is 0.125 e. The van der Waals surface area contributed by atoms with E-state index >= 15 is 0 Å². The molecule has 1 aliphatic rings. The van der Waals surface area contributed by atoms with Gasteiger partial charge in [0.2, 0.25) is 0 Å². The van der Waals surface area contributed by atoms with Crippen molar-refractivity contribution in [2.24, 2.45) is 0 Å². The van der Waals surface area contributed by atoms with Crippen molar-refractivity contribution in [1.29, 1.82) is 0 Å². The van der Waals surface area contributed by atoms with Gasteiger partial charge in [0.25, 0.3) is 0 Å². The first kappa shape index (κ1) is 17.0. The van der Waals surface area contributed by atoms with Gasteiger partial charge in [0.15, 0.2) is 0 Å². The number of pyridine rings is 1. The van der Waals surface area contributed by atoms with Crippen molar-refractivity contribution in [3.05, 3.63) is 72.2 Å². The molecule has 4 rings (SSSR count). The number of halogens is 1. The number of benzene rings is 2. The molecule has 1 saturated heterocycles. The first-order chi connectivity index (χ1) is 12.8. The summed E-state index contributed by atoms with van der Waals surface area (Å²) in [5.74, 6) is -0.243. The van der Waals surface area contributed by atoms with Gasteiger partial charge in [0.1, 0.15) is 5.82 Å². The van der Waals surface area contributed by atoms with E-state index in [1.54, 1.807) is 6.20 Å². The average Bonchev–Trinajstić information content (AvgIpc) is 2.69. The van der Waals surface area contributed by atoms with Gasteiger partial charge in [-0.15, -0.1) is 0 Å². The van der Waals surface area contributed by atoms with Crippen LogP contribution in [0, 0.1) is 5.82 Å². The zero-order valence-corrected chi connectivity index (χ0v) is 14.8. The van der Waals surface area contributed by atoms with Crippen LogP contribution in [0.3, 0.4) is 0 Å². The molecule has 2 heterocycles. The first-order valence-corrected chi connectivity index (χ1v) is 9.24. The Labute approximate surface area is 153 Å². The highest BCUT2D eigenvalue weighted by Crippen LogP contribution is 2.28. The molecule has 0 bridgehead atoms. The van der Waals surface area contributed by atoms with Gasteiger partial charge in [-0.05, 0) is 43.0 Å². The minimum Gasteiger partial charge on any atom is -0.378 e. The Bertz CT molecular complexity index is 860. The van der Waals surface area contributed by atoms with Crippen molar-refractivity contribution in [2.45, 2.75) is 25.4 Å². The van der Waals surface area contributed by atoms with E-state index < -0.39 is 0 Å². The van der Waals surface area contributed by atoms with E-state index in [1.807, 2.05) is 18.2 Å². The highest BCUT2D eigenvalue weighted by Gasteiger charge is 2.21. The van der Waals surface area contributed by atoms with E-state index in [1.165, 1.54) is 17.7 Å². The van der Waals surface area contributed by atoms with Crippen molar-refractivity contribution in [3.8, 4) is 0 Å². The molecule has 0 N–H and O–H groups in total. The van der Waals surface area contributed by atoms with Crippen LogP contribution >= 0.6 is 0 Å².